The molecule has 0 saturated heterocycles. The number of phosphoric acid groups is 2. The van der Waals surface area contributed by atoms with Crippen molar-refractivity contribution in [2.24, 2.45) is 0 Å². The molecular formula is C83H138O17P2. The Kier molecular flexibility index (Phi) is 70.5. The van der Waals surface area contributed by atoms with Crippen LogP contribution in [-0.2, 0) is 65.4 Å². The standard InChI is InChI=1S/C83H138O17P2/c1-5-9-13-17-21-25-29-33-35-37-38-40-42-46-50-54-58-62-66-70-83(88)100-79(74-94-81(86)68-64-60-56-52-48-45-41-39-36-34-30-26-22-18-14-10-6-2)76-98-102(91,92)96-72-77(84)71-95-101(89,90)97-75-78(99-82(87)69-65-61-57-53-49-44-32-28-24-20-16-12-8-4)73-93-80(85)67-63-59-55-51-47-43-31-27-23-19-15-11-7-3/h9,13,21-22,25-28,31-36,38,40-41,45-46,50,52,56,58,62,77-79,84H,5-8,10-12,14-20,23-24,29-30,37,39,42-44,47-49,51,53-55,57,59-61,63-76H2,1-4H3,(H,89,90)(H,91,92)/b13-9-,25-21-,26-22-,31-27-,32-28-,35-33-,36-34-,40-38-,45-41-,50-46-,56-52-,62-58-/t77-,78+,79+/m0/s1. The number of carbonyl (C=O) groups excluding carboxylic acids is 4. The number of phosphoric ester groups is 2. The van der Waals surface area contributed by atoms with Crippen LogP contribution < -0.4 is 0 Å². The third-order valence-corrected chi connectivity index (χ3v) is 17.7. The summed E-state index contributed by atoms with van der Waals surface area (Å²) >= 11 is 0. The Morgan fingerprint density at radius 2 is 0.539 bits per heavy atom. The summed E-state index contributed by atoms with van der Waals surface area (Å²) < 4.78 is 68.4. The number of rotatable bonds is 72. The highest BCUT2D eigenvalue weighted by Crippen LogP contribution is 2.45. The zero-order chi connectivity index (χ0) is 74.6. The molecule has 0 aromatic heterocycles. The van der Waals surface area contributed by atoms with Crippen molar-refractivity contribution in [3.8, 4) is 0 Å². The number of ether oxygens (including phenoxy) is 4. The van der Waals surface area contributed by atoms with Gasteiger partial charge in [-0.3, -0.25) is 37.3 Å². The van der Waals surface area contributed by atoms with Gasteiger partial charge in [-0.05, 0) is 154 Å². The van der Waals surface area contributed by atoms with E-state index >= 15 is 0 Å². The zero-order valence-corrected chi connectivity index (χ0v) is 65.3. The first kappa shape index (κ1) is 96.9. The summed E-state index contributed by atoms with van der Waals surface area (Å²) in [6.07, 6.45) is 84.3. The molecule has 0 rings (SSSR count). The number of esters is 4. The van der Waals surface area contributed by atoms with E-state index in [4.69, 9.17) is 37.0 Å². The normalized spacial score (nSPS) is 14.7. The second-order valence-corrected chi connectivity index (χ2v) is 28.5. The summed E-state index contributed by atoms with van der Waals surface area (Å²) in [5.74, 6) is -2.36. The van der Waals surface area contributed by atoms with Gasteiger partial charge in [-0.2, -0.15) is 0 Å². The van der Waals surface area contributed by atoms with Gasteiger partial charge in [0.1, 0.15) is 19.3 Å². The number of unbranched alkanes of at least 4 members (excludes halogenated alkanes) is 22. The van der Waals surface area contributed by atoms with E-state index in [1.165, 1.54) is 70.6 Å². The van der Waals surface area contributed by atoms with Gasteiger partial charge in [0.15, 0.2) is 12.2 Å². The van der Waals surface area contributed by atoms with E-state index in [1.54, 1.807) is 0 Å². The van der Waals surface area contributed by atoms with Crippen LogP contribution in [0.5, 0.6) is 0 Å². The second-order valence-electron chi connectivity index (χ2n) is 25.6. The highest BCUT2D eigenvalue weighted by Gasteiger charge is 2.30. The maximum Gasteiger partial charge on any atom is 0.472 e. The molecule has 19 heteroatoms. The Morgan fingerprint density at radius 3 is 0.912 bits per heavy atom. The van der Waals surface area contributed by atoms with E-state index in [9.17, 15) is 43.2 Å². The third kappa shape index (κ3) is 73.3. The summed E-state index contributed by atoms with van der Waals surface area (Å²) in [7, 11) is -10.0. The Labute approximate surface area is 617 Å². The van der Waals surface area contributed by atoms with Crippen LogP contribution in [0.3, 0.4) is 0 Å². The lowest BCUT2D eigenvalue weighted by molar-refractivity contribution is -0.161. The van der Waals surface area contributed by atoms with Gasteiger partial charge in [0.05, 0.1) is 26.4 Å². The van der Waals surface area contributed by atoms with Crippen molar-refractivity contribution < 1.29 is 80.2 Å². The highest BCUT2D eigenvalue weighted by molar-refractivity contribution is 7.47. The number of allylic oxidation sites excluding steroid dienone is 24. The molecule has 0 spiro atoms. The molecule has 0 aromatic rings. The van der Waals surface area contributed by atoms with Crippen molar-refractivity contribution in [3.63, 3.8) is 0 Å². The largest absolute Gasteiger partial charge is 0.472 e. The maximum absolute atomic E-state index is 13.1. The minimum Gasteiger partial charge on any atom is -0.462 e. The quantitative estimate of drug-likeness (QED) is 0.0169. The molecule has 5 atom stereocenters. The summed E-state index contributed by atoms with van der Waals surface area (Å²) in [5, 5.41) is 10.6. The molecule has 0 bridgehead atoms. The lowest BCUT2D eigenvalue weighted by Gasteiger charge is -2.21. The van der Waals surface area contributed by atoms with Gasteiger partial charge in [0.2, 0.25) is 0 Å². The molecule has 0 aliphatic heterocycles. The molecule has 0 heterocycles. The number of hydrogen-bond acceptors (Lipinski definition) is 15. The first-order chi connectivity index (χ1) is 49.7. The number of hydrogen-bond donors (Lipinski definition) is 3. The van der Waals surface area contributed by atoms with Crippen molar-refractivity contribution in [3.05, 3.63) is 146 Å². The molecule has 0 radical (unpaired) electrons. The molecule has 582 valence electrons. The van der Waals surface area contributed by atoms with Crippen molar-refractivity contribution in [2.45, 2.75) is 316 Å². The van der Waals surface area contributed by atoms with Gasteiger partial charge in [-0.25, -0.2) is 9.13 Å². The summed E-state index contributed by atoms with van der Waals surface area (Å²) in [5.41, 5.74) is 0. The van der Waals surface area contributed by atoms with Crippen LogP contribution in [0, 0.1) is 0 Å². The fourth-order valence-electron chi connectivity index (χ4n) is 9.81. The molecule has 102 heavy (non-hydrogen) atoms. The number of aliphatic hydroxyl groups is 1. The van der Waals surface area contributed by atoms with Gasteiger partial charge in [0.25, 0.3) is 0 Å². The van der Waals surface area contributed by atoms with Crippen LogP contribution in [0.15, 0.2) is 146 Å². The lowest BCUT2D eigenvalue weighted by atomic mass is 10.1. The predicted octanol–water partition coefficient (Wildman–Crippen LogP) is 22.7. The second kappa shape index (κ2) is 74.2. The monoisotopic (exact) mass is 1470 g/mol. The molecular weight excluding hydrogens is 1330 g/mol. The summed E-state index contributed by atoms with van der Waals surface area (Å²) in [4.78, 5) is 72.9. The minimum absolute atomic E-state index is 0.0464. The zero-order valence-electron chi connectivity index (χ0n) is 63.5. The van der Waals surface area contributed by atoms with Gasteiger partial charge in [-0.1, -0.05) is 263 Å². The molecule has 3 N–H and O–H groups in total. The molecule has 0 saturated carbocycles. The first-order valence-corrected chi connectivity index (χ1v) is 42.1. The lowest BCUT2D eigenvalue weighted by Crippen LogP contribution is -2.30. The van der Waals surface area contributed by atoms with Crippen molar-refractivity contribution in [1.29, 1.82) is 0 Å². The van der Waals surface area contributed by atoms with E-state index in [1.807, 2.05) is 30.4 Å². The highest BCUT2D eigenvalue weighted by atomic mass is 31.2. The molecule has 0 aromatic carbocycles. The molecule has 0 fully saturated rings. The Morgan fingerprint density at radius 1 is 0.284 bits per heavy atom. The predicted molar refractivity (Wildman–Crippen MR) is 417 cm³/mol. The molecule has 0 aliphatic rings. The Hall–Kier alpha value is -5.06. The topological polar surface area (TPSA) is 237 Å². The van der Waals surface area contributed by atoms with Crippen LogP contribution in [0.25, 0.3) is 0 Å². The first-order valence-electron chi connectivity index (χ1n) is 39.1. The van der Waals surface area contributed by atoms with Crippen LogP contribution in [-0.4, -0.2) is 96.7 Å². The van der Waals surface area contributed by atoms with Crippen LogP contribution >= 0.6 is 15.6 Å². The number of aliphatic hydroxyl groups excluding tert-OH is 1. The van der Waals surface area contributed by atoms with Gasteiger partial charge in [0, 0.05) is 25.7 Å². The average molecular weight is 1470 g/mol. The smallest absolute Gasteiger partial charge is 0.462 e. The Bertz CT molecular complexity index is 2510. The fraction of sp³-hybridized carbons (Fsp3) is 0.663. The van der Waals surface area contributed by atoms with Crippen LogP contribution in [0.2, 0.25) is 0 Å². The van der Waals surface area contributed by atoms with E-state index in [-0.39, 0.29) is 25.7 Å². The number of carbonyl (C=O) groups is 4. The van der Waals surface area contributed by atoms with E-state index in [2.05, 4.69) is 143 Å². The fourth-order valence-corrected chi connectivity index (χ4v) is 11.4. The summed E-state index contributed by atoms with van der Waals surface area (Å²) in [6.45, 7) is 4.52. The van der Waals surface area contributed by atoms with Crippen molar-refractivity contribution in [1.82, 2.24) is 0 Å². The van der Waals surface area contributed by atoms with Gasteiger partial charge in [-0.15, -0.1) is 0 Å². The summed E-state index contributed by atoms with van der Waals surface area (Å²) in [6, 6.07) is 0. The molecule has 0 amide bonds. The van der Waals surface area contributed by atoms with Gasteiger partial charge >= 0.3 is 39.5 Å². The van der Waals surface area contributed by atoms with Crippen molar-refractivity contribution >= 4 is 39.5 Å². The SMILES string of the molecule is CC/C=C\C/C=C\C/C=C\C/C=C\C/C=C\C/C=C\CCC(=O)O[C@H](COC(=O)CCC/C=C\C/C=C\C/C=C\C/C=C\CCCCC)COP(=O)(O)OC[C@@H](O)COP(=O)(O)OC[C@@H](COC(=O)CCCCCCC/C=C\CCCCCC)OC(=O)CCCCCCC/C=C\CCCCCC. The minimum atomic E-state index is -5.01. The van der Waals surface area contributed by atoms with Crippen LogP contribution in [0.4, 0.5) is 0 Å². The van der Waals surface area contributed by atoms with Gasteiger partial charge < -0.3 is 33.8 Å². The van der Waals surface area contributed by atoms with E-state index < -0.39 is 97.5 Å². The van der Waals surface area contributed by atoms with Crippen LogP contribution in [0.1, 0.15) is 297 Å². The Balaban J connectivity index is 5.50. The molecule has 17 nitrogen and oxygen atoms in total. The van der Waals surface area contributed by atoms with E-state index in [0.29, 0.717) is 38.5 Å². The molecule has 0 aliphatic carbocycles. The maximum atomic E-state index is 13.1. The third-order valence-electron chi connectivity index (χ3n) is 15.8. The molecule has 2 unspecified atom stereocenters. The average Bonchev–Trinajstić information content (AvgIpc) is 0.907. The van der Waals surface area contributed by atoms with Crippen molar-refractivity contribution in [2.75, 3.05) is 39.6 Å². The van der Waals surface area contributed by atoms with E-state index in [0.717, 1.165) is 135 Å².